The molecule has 3 rings (SSSR count). The molecule has 0 spiro atoms. The lowest BCUT2D eigenvalue weighted by molar-refractivity contribution is -0.162. The largest absolute Gasteiger partial charge is 0.417 e. The molecule has 1 radical (unpaired) electrons. The number of fused-ring (bicyclic) bond motifs is 3. The van der Waals surface area contributed by atoms with Gasteiger partial charge in [0, 0.05) is 0 Å². The molecule has 0 unspecified atom stereocenters. The Labute approximate surface area is 116 Å². The van der Waals surface area contributed by atoms with E-state index in [1.807, 2.05) is 6.07 Å². The summed E-state index contributed by atoms with van der Waals surface area (Å²) in [5, 5.41) is 0. The van der Waals surface area contributed by atoms with Crippen LogP contribution in [0.4, 0.5) is 26.3 Å². The summed E-state index contributed by atoms with van der Waals surface area (Å²) in [5.74, 6) is 0. The molecule has 0 heterocycles. The molecule has 0 amide bonds. The zero-order chi connectivity index (χ0) is 15.4. The third-order valence-electron chi connectivity index (χ3n) is 3.42. The molecule has 0 aliphatic heterocycles. The van der Waals surface area contributed by atoms with Crippen molar-refractivity contribution in [2.24, 2.45) is 0 Å². The van der Waals surface area contributed by atoms with Gasteiger partial charge >= 0.3 is 12.4 Å². The molecule has 109 valence electrons. The van der Waals surface area contributed by atoms with Crippen molar-refractivity contribution < 1.29 is 26.3 Å². The smallest absolute Gasteiger partial charge is 0.166 e. The number of alkyl halides is 6. The molecule has 0 nitrogen and oxygen atoms in total. The first-order valence-electron chi connectivity index (χ1n) is 6.00. The lowest BCUT2D eigenvalue weighted by Crippen LogP contribution is -2.17. The van der Waals surface area contributed by atoms with Gasteiger partial charge in [-0.2, -0.15) is 26.3 Å². The Morgan fingerprint density at radius 3 is 2.14 bits per heavy atom. The van der Waals surface area contributed by atoms with E-state index in [0.717, 1.165) is 0 Å². The van der Waals surface area contributed by atoms with Gasteiger partial charge < -0.3 is 0 Å². The molecule has 21 heavy (non-hydrogen) atoms. The molecule has 0 bridgehead atoms. The van der Waals surface area contributed by atoms with E-state index in [1.54, 1.807) is 24.3 Å². The van der Waals surface area contributed by atoms with Crippen LogP contribution in [0.2, 0.25) is 0 Å². The molecule has 0 fully saturated rings. The Morgan fingerprint density at radius 1 is 0.857 bits per heavy atom. The zero-order valence-corrected chi connectivity index (χ0v) is 10.4. The molecule has 2 aromatic carbocycles. The Balaban J connectivity index is 2.27. The average Bonchev–Trinajstić information content (AvgIpc) is 2.73. The van der Waals surface area contributed by atoms with Crippen molar-refractivity contribution in [2.45, 2.75) is 18.8 Å². The summed E-state index contributed by atoms with van der Waals surface area (Å²) >= 11 is 0. The Morgan fingerprint density at radius 2 is 1.52 bits per heavy atom. The van der Waals surface area contributed by atoms with Gasteiger partial charge in [-0.25, -0.2) is 0 Å². The van der Waals surface area contributed by atoms with Crippen LogP contribution in [-0.2, 0) is 18.8 Å². The highest BCUT2D eigenvalue weighted by Crippen LogP contribution is 2.45. The molecule has 0 atom stereocenters. The van der Waals surface area contributed by atoms with Gasteiger partial charge in [0.05, 0.1) is 11.1 Å². The average molecular weight is 301 g/mol. The molecule has 0 saturated carbocycles. The van der Waals surface area contributed by atoms with Crippen LogP contribution in [0.3, 0.4) is 0 Å². The van der Waals surface area contributed by atoms with Crippen LogP contribution in [-0.4, -0.2) is 0 Å². The summed E-state index contributed by atoms with van der Waals surface area (Å²) in [6.07, 6.45) is -10.0. The van der Waals surface area contributed by atoms with Gasteiger partial charge in [0.1, 0.15) is 0 Å². The quantitative estimate of drug-likeness (QED) is 0.507. The number of halogens is 6. The van der Waals surface area contributed by atoms with Crippen LogP contribution in [0.15, 0.2) is 30.3 Å². The van der Waals surface area contributed by atoms with E-state index in [4.69, 9.17) is 0 Å². The monoisotopic (exact) mass is 301 g/mol. The van der Waals surface area contributed by atoms with Gasteiger partial charge in [-0.05, 0) is 40.8 Å². The highest BCUT2D eigenvalue weighted by atomic mass is 19.4. The SMILES string of the molecule is FC(F)(F)c1[c]c2c(cc1C(F)(F)F)-c1ccccc1C2. The maximum absolute atomic E-state index is 12.9. The first-order chi connectivity index (χ1) is 9.68. The minimum Gasteiger partial charge on any atom is -0.166 e. The second-order valence-electron chi connectivity index (χ2n) is 4.78. The standard InChI is InChI=1S/C15H7F6/c16-14(17,18)12-6-9-5-8-3-1-2-4-10(8)11(9)7-13(12)15(19,20)21/h1-4,7H,5H2. The predicted octanol–water partition coefficient (Wildman–Crippen LogP) is 5.10. The van der Waals surface area contributed by atoms with Crippen molar-refractivity contribution in [3.63, 3.8) is 0 Å². The normalized spacial score (nSPS) is 14.0. The molecule has 2 aromatic rings. The molecule has 6 heteroatoms. The maximum atomic E-state index is 12.9. The van der Waals surface area contributed by atoms with Crippen molar-refractivity contribution in [1.29, 1.82) is 0 Å². The van der Waals surface area contributed by atoms with E-state index in [1.165, 1.54) is 0 Å². The fraction of sp³-hybridized carbons (Fsp3) is 0.200. The van der Waals surface area contributed by atoms with Crippen LogP contribution in [0.5, 0.6) is 0 Å². The van der Waals surface area contributed by atoms with Crippen molar-refractivity contribution in [2.75, 3.05) is 0 Å². The van der Waals surface area contributed by atoms with E-state index in [2.05, 4.69) is 0 Å². The Kier molecular flexibility index (Phi) is 2.83. The summed E-state index contributed by atoms with van der Waals surface area (Å²) in [6, 6.07) is 9.14. The second kappa shape index (κ2) is 4.26. The van der Waals surface area contributed by atoms with Crippen LogP contribution in [0.1, 0.15) is 22.3 Å². The zero-order valence-electron chi connectivity index (χ0n) is 10.4. The van der Waals surface area contributed by atoms with Crippen LogP contribution >= 0.6 is 0 Å². The molecule has 1 aliphatic rings. The number of hydrogen-bond acceptors (Lipinski definition) is 0. The lowest BCUT2D eigenvalue weighted by atomic mass is 9.97. The molecular formula is C15H7F6. The van der Waals surface area contributed by atoms with Gasteiger partial charge in [-0.3, -0.25) is 0 Å². The third-order valence-corrected chi connectivity index (χ3v) is 3.42. The van der Waals surface area contributed by atoms with Gasteiger partial charge in [-0.15, -0.1) is 0 Å². The van der Waals surface area contributed by atoms with Crippen LogP contribution in [0, 0.1) is 6.07 Å². The third kappa shape index (κ3) is 2.28. The summed E-state index contributed by atoms with van der Waals surface area (Å²) in [5.41, 5.74) is -1.88. The van der Waals surface area contributed by atoms with E-state index >= 15 is 0 Å². The molecule has 1 aliphatic carbocycles. The van der Waals surface area contributed by atoms with E-state index in [-0.39, 0.29) is 17.5 Å². The van der Waals surface area contributed by atoms with Crippen molar-refractivity contribution in [3.8, 4) is 11.1 Å². The Bertz CT molecular complexity index is 709. The maximum Gasteiger partial charge on any atom is 0.417 e. The Hall–Kier alpha value is -1.98. The molecular weight excluding hydrogens is 294 g/mol. The van der Waals surface area contributed by atoms with Crippen LogP contribution < -0.4 is 0 Å². The van der Waals surface area contributed by atoms with Crippen molar-refractivity contribution in [1.82, 2.24) is 0 Å². The molecule has 0 saturated heterocycles. The van der Waals surface area contributed by atoms with Gasteiger partial charge in [0.2, 0.25) is 0 Å². The van der Waals surface area contributed by atoms with Gasteiger partial charge in [0.25, 0.3) is 0 Å². The van der Waals surface area contributed by atoms with Crippen molar-refractivity contribution >= 4 is 0 Å². The van der Waals surface area contributed by atoms with Crippen molar-refractivity contribution in [3.05, 3.63) is 58.7 Å². The predicted molar refractivity (Wildman–Crippen MR) is 63.5 cm³/mol. The summed E-state index contributed by atoms with van der Waals surface area (Å²) in [7, 11) is 0. The number of hydrogen-bond donors (Lipinski definition) is 0. The minimum atomic E-state index is -5.09. The number of benzene rings is 2. The first kappa shape index (κ1) is 14.0. The summed E-state index contributed by atoms with van der Waals surface area (Å²) < 4.78 is 77.2. The lowest BCUT2D eigenvalue weighted by Gasteiger charge is -2.17. The molecule has 0 N–H and O–H groups in total. The fourth-order valence-corrected chi connectivity index (χ4v) is 2.54. The van der Waals surface area contributed by atoms with Crippen LogP contribution in [0.25, 0.3) is 11.1 Å². The van der Waals surface area contributed by atoms with E-state index < -0.39 is 23.5 Å². The topological polar surface area (TPSA) is 0 Å². The van der Waals surface area contributed by atoms with E-state index in [0.29, 0.717) is 17.2 Å². The van der Waals surface area contributed by atoms with E-state index in [9.17, 15) is 26.3 Å². The van der Waals surface area contributed by atoms with Gasteiger partial charge in [-0.1, -0.05) is 24.3 Å². The second-order valence-corrected chi connectivity index (χ2v) is 4.78. The first-order valence-corrected chi connectivity index (χ1v) is 6.00. The molecule has 0 aromatic heterocycles. The van der Waals surface area contributed by atoms with Gasteiger partial charge in [0.15, 0.2) is 0 Å². The highest BCUT2D eigenvalue weighted by molar-refractivity contribution is 5.77. The number of rotatable bonds is 0. The summed E-state index contributed by atoms with van der Waals surface area (Å²) in [6.45, 7) is 0. The highest BCUT2D eigenvalue weighted by Gasteiger charge is 2.44. The fourth-order valence-electron chi connectivity index (χ4n) is 2.54. The summed E-state index contributed by atoms with van der Waals surface area (Å²) in [4.78, 5) is 0. The minimum absolute atomic E-state index is 0.150.